The molecule has 0 N–H and O–H groups in total. The fourth-order valence-corrected chi connectivity index (χ4v) is 3.15. The molecule has 6 nitrogen and oxygen atoms in total. The Bertz CT molecular complexity index is 918. The third kappa shape index (κ3) is 5.14. The van der Waals surface area contributed by atoms with E-state index in [2.05, 4.69) is 0 Å². The van der Waals surface area contributed by atoms with Crippen LogP contribution in [0.3, 0.4) is 0 Å². The molecule has 2 aromatic rings. The van der Waals surface area contributed by atoms with Crippen molar-refractivity contribution in [1.29, 1.82) is 0 Å². The van der Waals surface area contributed by atoms with Crippen LogP contribution < -0.4 is 23.7 Å². The van der Waals surface area contributed by atoms with Crippen molar-refractivity contribution < 1.29 is 28.5 Å². The van der Waals surface area contributed by atoms with Gasteiger partial charge in [-0.15, -0.1) is 0 Å². The molecule has 0 saturated carbocycles. The van der Waals surface area contributed by atoms with Gasteiger partial charge in [-0.25, -0.2) is 0 Å². The van der Waals surface area contributed by atoms with Crippen LogP contribution in [0, 0.1) is 0 Å². The zero-order chi connectivity index (χ0) is 22.1. The molecule has 0 aromatic heterocycles. The Labute approximate surface area is 177 Å². The summed E-state index contributed by atoms with van der Waals surface area (Å²) in [7, 11) is 7.84. The minimum absolute atomic E-state index is 0.0218. The number of hydrogen-bond donors (Lipinski definition) is 0. The molecule has 0 aliphatic rings. The van der Waals surface area contributed by atoms with Crippen molar-refractivity contribution in [1.82, 2.24) is 0 Å². The number of benzene rings is 2. The standard InChI is InChI=1S/C24H28O6/c1-7-8-18(25)15-19-17(11-12-20(26-2)23(19)29-5)10-9-16-13-21(27-3)24(30-6)22(14-16)28-4/h7-14H,15H2,1-6H3/b8-7+,10-9-. The van der Waals surface area contributed by atoms with Crippen molar-refractivity contribution in [2.45, 2.75) is 13.3 Å². The lowest BCUT2D eigenvalue weighted by atomic mass is 9.99. The zero-order valence-electron chi connectivity index (χ0n) is 18.3. The summed E-state index contributed by atoms with van der Waals surface area (Å²) < 4.78 is 27.1. The first-order valence-corrected chi connectivity index (χ1v) is 9.40. The summed E-state index contributed by atoms with van der Waals surface area (Å²) >= 11 is 0. The topological polar surface area (TPSA) is 63.2 Å². The van der Waals surface area contributed by atoms with E-state index < -0.39 is 0 Å². The van der Waals surface area contributed by atoms with E-state index in [1.165, 1.54) is 0 Å². The second-order valence-corrected chi connectivity index (χ2v) is 6.30. The first kappa shape index (κ1) is 22.9. The molecule has 0 atom stereocenters. The van der Waals surface area contributed by atoms with Crippen LogP contribution in [0.2, 0.25) is 0 Å². The summed E-state index contributed by atoms with van der Waals surface area (Å²) in [5.74, 6) is 2.75. The molecule has 0 aliphatic heterocycles. The molecule has 0 heterocycles. The van der Waals surface area contributed by atoms with E-state index in [-0.39, 0.29) is 12.2 Å². The average Bonchev–Trinajstić information content (AvgIpc) is 2.76. The maximum absolute atomic E-state index is 12.3. The molecule has 0 unspecified atom stereocenters. The van der Waals surface area contributed by atoms with Crippen molar-refractivity contribution in [3.8, 4) is 28.7 Å². The van der Waals surface area contributed by atoms with Gasteiger partial charge in [-0.3, -0.25) is 4.79 Å². The number of hydrogen-bond acceptors (Lipinski definition) is 6. The van der Waals surface area contributed by atoms with Gasteiger partial charge in [0.15, 0.2) is 28.8 Å². The van der Waals surface area contributed by atoms with Gasteiger partial charge in [0.2, 0.25) is 5.75 Å². The van der Waals surface area contributed by atoms with Crippen molar-refractivity contribution in [2.24, 2.45) is 0 Å². The van der Waals surface area contributed by atoms with Crippen molar-refractivity contribution >= 4 is 17.9 Å². The maximum atomic E-state index is 12.3. The Hall–Kier alpha value is -3.41. The van der Waals surface area contributed by atoms with Crippen LogP contribution in [0.4, 0.5) is 0 Å². The predicted molar refractivity (Wildman–Crippen MR) is 118 cm³/mol. The number of allylic oxidation sites excluding steroid dienone is 2. The molecule has 0 bridgehead atoms. The predicted octanol–water partition coefficient (Wildman–Crippen LogP) is 4.59. The van der Waals surface area contributed by atoms with E-state index in [1.807, 2.05) is 43.3 Å². The van der Waals surface area contributed by atoms with Crippen LogP contribution in [0.15, 0.2) is 36.4 Å². The van der Waals surface area contributed by atoms with Crippen molar-refractivity contribution in [3.63, 3.8) is 0 Å². The molecule has 2 rings (SSSR count). The van der Waals surface area contributed by atoms with Gasteiger partial charge in [-0.2, -0.15) is 0 Å². The van der Waals surface area contributed by atoms with Crippen LogP contribution >= 0.6 is 0 Å². The molecule has 2 aromatic carbocycles. The van der Waals surface area contributed by atoms with Gasteiger partial charge < -0.3 is 23.7 Å². The first-order chi connectivity index (χ1) is 14.5. The van der Waals surface area contributed by atoms with Crippen LogP contribution in [0.1, 0.15) is 23.6 Å². The highest BCUT2D eigenvalue weighted by Gasteiger charge is 2.16. The van der Waals surface area contributed by atoms with E-state index in [9.17, 15) is 4.79 Å². The van der Waals surface area contributed by atoms with Gasteiger partial charge in [0.25, 0.3) is 0 Å². The molecule has 0 aliphatic carbocycles. The van der Waals surface area contributed by atoms with E-state index in [0.717, 1.165) is 16.7 Å². The van der Waals surface area contributed by atoms with Crippen molar-refractivity contribution in [3.05, 3.63) is 53.1 Å². The quantitative estimate of drug-likeness (QED) is 0.420. The van der Waals surface area contributed by atoms with Gasteiger partial charge in [0.1, 0.15) is 0 Å². The summed E-state index contributed by atoms with van der Waals surface area (Å²) in [6.07, 6.45) is 7.29. The summed E-state index contributed by atoms with van der Waals surface area (Å²) in [5.41, 5.74) is 2.45. The molecule has 6 heteroatoms. The number of ether oxygens (including phenoxy) is 5. The molecule has 0 saturated heterocycles. The number of methoxy groups -OCH3 is 5. The summed E-state index contributed by atoms with van der Waals surface area (Å²) in [6, 6.07) is 7.41. The average molecular weight is 412 g/mol. The van der Waals surface area contributed by atoms with Crippen molar-refractivity contribution in [2.75, 3.05) is 35.5 Å². The largest absolute Gasteiger partial charge is 0.493 e. The highest BCUT2D eigenvalue weighted by Crippen LogP contribution is 2.39. The Morgan fingerprint density at radius 2 is 1.40 bits per heavy atom. The Morgan fingerprint density at radius 1 is 0.800 bits per heavy atom. The highest BCUT2D eigenvalue weighted by molar-refractivity contribution is 5.93. The minimum atomic E-state index is -0.0218. The fraction of sp³-hybridized carbons (Fsp3) is 0.292. The molecular formula is C24H28O6. The number of carbonyl (C=O) groups is 1. The molecule has 0 fully saturated rings. The third-order valence-electron chi connectivity index (χ3n) is 4.53. The minimum Gasteiger partial charge on any atom is -0.493 e. The van der Waals surface area contributed by atoms with Gasteiger partial charge in [-0.05, 0) is 42.3 Å². The molecule has 160 valence electrons. The SMILES string of the molecule is C/C=C/C(=O)Cc1c(/C=C\c2cc(OC)c(OC)c(OC)c2)ccc(OC)c1OC. The van der Waals surface area contributed by atoms with Gasteiger partial charge >= 0.3 is 0 Å². The summed E-state index contributed by atoms with van der Waals surface area (Å²) in [6.45, 7) is 1.81. The summed E-state index contributed by atoms with van der Waals surface area (Å²) in [5, 5.41) is 0. The normalized spacial score (nSPS) is 11.0. The maximum Gasteiger partial charge on any atom is 0.203 e. The second kappa shape index (κ2) is 11.0. The number of rotatable bonds is 10. The molecule has 0 spiro atoms. The number of ketones is 1. The number of carbonyl (C=O) groups excluding carboxylic acids is 1. The van der Waals surface area contributed by atoms with E-state index >= 15 is 0 Å². The third-order valence-corrected chi connectivity index (χ3v) is 4.53. The molecular weight excluding hydrogens is 384 g/mol. The lowest BCUT2D eigenvalue weighted by Gasteiger charge is -2.15. The molecule has 0 radical (unpaired) electrons. The highest BCUT2D eigenvalue weighted by atomic mass is 16.5. The monoisotopic (exact) mass is 412 g/mol. The van der Waals surface area contributed by atoms with Gasteiger partial charge in [0, 0.05) is 12.0 Å². The lowest BCUT2D eigenvalue weighted by molar-refractivity contribution is -0.114. The van der Waals surface area contributed by atoms with E-state index in [4.69, 9.17) is 23.7 Å². The van der Waals surface area contributed by atoms with Gasteiger partial charge in [-0.1, -0.05) is 24.3 Å². The van der Waals surface area contributed by atoms with Gasteiger partial charge in [0.05, 0.1) is 35.5 Å². The Kier molecular flexibility index (Phi) is 8.35. The van der Waals surface area contributed by atoms with Crippen LogP contribution in [0.5, 0.6) is 28.7 Å². The van der Waals surface area contributed by atoms with E-state index in [1.54, 1.807) is 47.7 Å². The lowest BCUT2D eigenvalue weighted by Crippen LogP contribution is -2.04. The summed E-state index contributed by atoms with van der Waals surface area (Å²) in [4.78, 5) is 12.3. The second-order valence-electron chi connectivity index (χ2n) is 6.30. The molecule has 30 heavy (non-hydrogen) atoms. The Balaban J connectivity index is 2.54. The zero-order valence-corrected chi connectivity index (χ0v) is 18.3. The van der Waals surface area contributed by atoms with Crippen LogP contribution in [-0.4, -0.2) is 41.3 Å². The smallest absolute Gasteiger partial charge is 0.203 e. The Morgan fingerprint density at radius 3 is 1.90 bits per heavy atom. The fourth-order valence-electron chi connectivity index (χ4n) is 3.15. The first-order valence-electron chi connectivity index (χ1n) is 9.40. The van der Waals surface area contributed by atoms with Crippen LogP contribution in [0.25, 0.3) is 12.2 Å². The van der Waals surface area contributed by atoms with E-state index in [0.29, 0.717) is 28.7 Å². The van der Waals surface area contributed by atoms with Crippen LogP contribution in [-0.2, 0) is 11.2 Å². The molecule has 0 amide bonds.